The summed E-state index contributed by atoms with van der Waals surface area (Å²) in [6, 6.07) is 0. The Balaban J connectivity index is 1.89. The minimum atomic E-state index is 1.18. The van der Waals surface area contributed by atoms with Crippen molar-refractivity contribution in [3.63, 3.8) is 0 Å². The first-order chi connectivity index (χ1) is 7.43. The highest BCUT2D eigenvalue weighted by Crippen LogP contribution is 2.11. The van der Waals surface area contributed by atoms with Crippen LogP contribution in [0.1, 0.15) is 31.2 Å². The second-order valence-corrected chi connectivity index (χ2v) is 5.42. The molecule has 15 heavy (non-hydrogen) atoms. The second-order valence-electron chi connectivity index (χ2n) is 4.51. The van der Waals surface area contributed by atoms with Gasteiger partial charge in [0.2, 0.25) is 0 Å². The normalized spacial score (nSPS) is 20.8. The van der Waals surface area contributed by atoms with Gasteiger partial charge in [-0.05, 0) is 54.9 Å². The highest BCUT2D eigenvalue weighted by molar-refractivity contribution is 7.07. The Hall–Kier alpha value is -0.600. The van der Waals surface area contributed by atoms with E-state index < -0.39 is 0 Å². The smallest absolute Gasteiger partial charge is 0.0303 e. The molecule has 1 aromatic heterocycles. The van der Waals surface area contributed by atoms with E-state index in [1.165, 1.54) is 55.1 Å². The van der Waals surface area contributed by atoms with Gasteiger partial charge >= 0.3 is 0 Å². The van der Waals surface area contributed by atoms with Gasteiger partial charge in [0.05, 0.1) is 0 Å². The van der Waals surface area contributed by atoms with Crippen molar-refractivity contribution >= 4 is 23.5 Å². The van der Waals surface area contributed by atoms with Crippen LogP contribution in [0, 0.1) is 0 Å². The molecule has 0 bridgehead atoms. The summed E-state index contributed by atoms with van der Waals surface area (Å²) < 4.78 is 1.51. The van der Waals surface area contributed by atoms with Crippen molar-refractivity contribution in [3.05, 3.63) is 20.7 Å². The molecule has 1 nitrogen and oxygen atoms in total. The number of fused-ring (bicyclic) bond motifs is 1. The molecule has 0 amide bonds. The van der Waals surface area contributed by atoms with Crippen LogP contribution < -0.4 is 9.75 Å². The third-order valence-corrected chi connectivity index (χ3v) is 4.42. The lowest BCUT2D eigenvalue weighted by Gasteiger charge is -2.13. The van der Waals surface area contributed by atoms with Crippen molar-refractivity contribution in [1.82, 2.24) is 4.90 Å². The van der Waals surface area contributed by atoms with E-state index in [1.54, 1.807) is 5.56 Å². The van der Waals surface area contributed by atoms with Gasteiger partial charge in [0, 0.05) is 11.1 Å². The first-order valence-corrected chi connectivity index (χ1v) is 6.80. The molecule has 0 unspecified atom stereocenters. The largest absolute Gasteiger partial charge is 0.299 e. The summed E-state index contributed by atoms with van der Waals surface area (Å²) in [6.07, 6.45) is 10.1. The molecule has 80 valence electrons. The number of thiophene rings is 1. The van der Waals surface area contributed by atoms with E-state index in [2.05, 4.69) is 22.4 Å². The predicted molar refractivity (Wildman–Crippen MR) is 66.2 cm³/mol. The average Bonchev–Trinajstić information content (AvgIpc) is 2.89. The van der Waals surface area contributed by atoms with E-state index in [4.69, 9.17) is 0 Å². The SMILES string of the molecule is C1=c2scc(CN3CCCC3)c2=CCC1. The van der Waals surface area contributed by atoms with E-state index in [0.717, 1.165) is 0 Å². The molecule has 0 atom stereocenters. The third kappa shape index (κ3) is 1.88. The van der Waals surface area contributed by atoms with E-state index in [9.17, 15) is 0 Å². The number of nitrogens with zero attached hydrogens (tertiary/aromatic N) is 1. The van der Waals surface area contributed by atoms with Crippen LogP contribution in [0.5, 0.6) is 0 Å². The fourth-order valence-corrected chi connectivity index (χ4v) is 3.58. The lowest BCUT2D eigenvalue weighted by molar-refractivity contribution is 0.331. The molecule has 0 spiro atoms. The number of rotatable bonds is 2. The number of likely N-dealkylation sites (tertiary alicyclic amines) is 1. The van der Waals surface area contributed by atoms with Crippen molar-refractivity contribution in [1.29, 1.82) is 0 Å². The summed E-state index contributed by atoms with van der Waals surface area (Å²) in [5.74, 6) is 0. The Morgan fingerprint density at radius 3 is 2.80 bits per heavy atom. The lowest BCUT2D eigenvalue weighted by Crippen LogP contribution is -2.28. The van der Waals surface area contributed by atoms with Crippen LogP contribution >= 0.6 is 11.3 Å². The van der Waals surface area contributed by atoms with Crippen molar-refractivity contribution < 1.29 is 0 Å². The average molecular weight is 219 g/mol. The maximum absolute atomic E-state index is 2.59. The van der Waals surface area contributed by atoms with Crippen LogP contribution in [-0.4, -0.2) is 18.0 Å². The Morgan fingerprint density at radius 2 is 1.93 bits per heavy atom. The van der Waals surface area contributed by atoms with Gasteiger partial charge in [-0.15, -0.1) is 11.3 Å². The van der Waals surface area contributed by atoms with E-state index in [-0.39, 0.29) is 0 Å². The topological polar surface area (TPSA) is 3.24 Å². The maximum atomic E-state index is 2.59. The van der Waals surface area contributed by atoms with Crippen molar-refractivity contribution in [2.45, 2.75) is 32.2 Å². The van der Waals surface area contributed by atoms with Gasteiger partial charge < -0.3 is 0 Å². The van der Waals surface area contributed by atoms with Crippen molar-refractivity contribution in [3.8, 4) is 0 Å². The predicted octanol–water partition coefficient (Wildman–Crippen LogP) is 1.70. The van der Waals surface area contributed by atoms with Crippen molar-refractivity contribution in [2.24, 2.45) is 0 Å². The summed E-state index contributed by atoms with van der Waals surface area (Å²) >= 11 is 1.92. The van der Waals surface area contributed by atoms with Crippen LogP contribution in [0.3, 0.4) is 0 Å². The fraction of sp³-hybridized carbons (Fsp3) is 0.538. The standard InChI is InChI=1S/C13H17NS/c1-2-6-13-12(5-1)11(10-15-13)9-14-7-3-4-8-14/h5-6,10H,1-4,7-9H2. The van der Waals surface area contributed by atoms with Gasteiger partial charge in [0.25, 0.3) is 0 Å². The molecule has 0 saturated carbocycles. The van der Waals surface area contributed by atoms with E-state index in [1.807, 2.05) is 11.3 Å². The van der Waals surface area contributed by atoms with E-state index in [0.29, 0.717) is 0 Å². The summed E-state index contributed by atoms with van der Waals surface area (Å²) in [7, 11) is 0. The molecule has 0 radical (unpaired) electrons. The highest BCUT2D eigenvalue weighted by Gasteiger charge is 2.13. The zero-order valence-electron chi connectivity index (χ0n) is 9.04. The summed E-state index contributed by atoms with van der Waals surface area (Å²) in [5, 5.41) is 3.90. The third-order valence-electron chi connectivity index (χ3n) is 3.38. The van der Waals surface area contributed by atoms with Gasteiger partial charge in [0.15, 0.2) is 0 Å². The molecule has 1 saturated heterocycles. The lowest BCUT2D eigenvalue weighted by atomic mass is 10.1. The number of hydrogen-bond acceptors (Lipinski definition) is 2. The van der Waals surface area contributed by atoms with Gasteiger partial charge in [0.1, 0.15) is 0 Å². The number of hydrogen-bond donors (Lipinski definition) is 0. The van der Waals surface area contributed by atoms with Crippen LogP contribution in [0.25, 0.3) is 12.2 Å². The zero-order chi connectivity index (χ0) is 10.1. The molecular weight excluding hydrogens is 202 g/mol. The second kappa shape index (κ2) is 4.11. The summed E-state index contributed by atoms with van der Waals surface area (Å²) in [5.41, 5.74) is 1.56. The summed E-state index contributed by atoms with van der Waals surface area (Å²) in [6.45, 7) is 3.78. The van der Waals surface area contributed by atoms with Gasteiger partial charge in [-0.1, -0.05) is 12.2 Å². The first kappa shape index (κ1) is 9.61. The van der Waals surface area contributed by atoms with Crippen LogP contribution in [0.2, 0.25) is 0 Å². The highest BCUT2D eigenvalue weighted by atomic mass is 32.1. The summed E-state index contributed by atoms with van der Waals surface area (Å²) in [4.78, 5) is 2.59. The Bertz CT molecular complexity index is 451. The molecule has 1 aromatic rings. The van der Waals surface area contributed by atoms with Crippen LogP contribution in [0.15, 0.2) is 5.38 Å². The molecular formula is C13H17NS. The molecule has 1 aliphatic carbocycles. The Morgan fingerprint density at radius 1 is 1.13 bits per heavy atom. The molecule has 1 fully saturated rings. The van der Waals surface area contributed by atoms with Crippen molar-refractivity contribution in [2.75, 3.05) is 13.1 Å². The molecule has 0 N–H and O–H groups in total. The minimum absolute atomic E-state index is 1.18. The van der Waals surface area contributed by atoms with Gasteiger partial charge in [-0.3, -0.25) is 4.90 Å². The molecule has 2 heterocycles. The molecule has 2 aliphatic rings. The van der Waals surface area contributed by atoms with Crippen LogP contribution in [-0.2, 0) is 6.54 Å². The minimum Gasteiger partial charge on any atom is -0.299 e. The first-order valence-electron chi connectivity index (χ1n) is 5.92. The van der Waals surface area contributed by atoms with Gasteiger partial charge in [-0.2, -0.15) is 0 Å². The van der Waals surface area contributed by atoms with Crippen LogP contribution in [0.4, 0.5) is 0 Å². The molecule has 1 aliphatic heterocycles. The maximum Gasteiger partial charge on any atom is 0.0303 e. The van der Waals surface area contributed by atoms with Gasteiger partial charge in [-0.25, -0.2) is 0 Å². The molecule has 0 aromatic carbocycles. The Labute approximate surface area is 94.7 Å². The Kier molecular flexibility index (Phi) is 2.63. The quantitative estimate of drug-likeness (QED) is 0.732. The monoisotopic (exact) mass is 219 g/mol. The molecule has 2 heteroatoms. The molecule has 3 rings (SSSR count). The zero-order valence-corrected chi connectivity index (χ0v) is 9.85. The van der Waals surface area contributed by atoms with E-state index >= 15 is 0 Å². The fourth-order valence-electron chi connectivity index (χ4n) is 2.56.